The van der Waals surface area contributed by atoms with Gasteiger partial charge in [0.25, 0.3) is 0 Å². The number of amidine groups is 1. The van der Waals surface area contributed by atoms with E-state index in [0.29, 0.717) is 11.8 Å². The zero-order chi connectivity index (χ0) is 24.3. The Labute approximate surface area is 216 Å². The number of nitrogens with one attached hydrogen (secondary N) is 1. The highest BCUT2D eigenvalue weighted by atomic mass is 15.4. The van der Waals surface area contributed by atoms with Gasteiger partial charge in [0.1, 0.15) is 17.8 Å². The molecule has 3 aromatic rings. The first-order chi connectivity index (χ1) is 18.3. The summed E-state index contributed by atoms with van der Waals surface area (Å²) in [5, 5.41) is 3.72. The van der Waals surface area contributed by atoms with Crippen LogP contribution in [0.4, 0.5) is 11.4 Å². The number of rotatable bonds is 4. The highest BCUT2D eigenvalue weighted by Crippen LogP contribution is 2.52. The highest BCUT2D eigenvalue weighted by Gasteiger charge is 2.49. The van der Waals surface area contributed by atoms with Gasteiger partial charge in [-0.15, -0.1) is 0 Å². The number of para-hydroxylation sites is 2. The Balaban J connectivity index is 1.15. The third-order valence-corrected chi connectivity index (χ3v) is 7.89. The summed E-state index contributed by atoms with van der Waals surface area (Å²) in [5.74, 6) is 3.12. The summed E-state index contributed by atoms with van der Waals surface area (Å²) in [7, 11) is 0. The number of nitrogens with zero attached hydrogens (tertiary/aromatic N) is 5. The Hall–Kier alpha value is -4.45. The van der Waals surface area contributed by atoms with E-state index in [4.69, 9.17) is 9.98 Å². The fraction of sp³-hybridized carbons (Fsp3) is 0.194. The summed E-state index contributed by atoms with van der Waals surface area (Å²) in [6.07, 6.45) is 9.26. The van der Waals surface area contributed by atoms with Crippen molar-refractivity contribution in [1.82, 2.24) is 5.32 Å². The maximum absolute atomic E-state index is 5.04. The second-order valence-electron chi connectivity index (χ2n) is 10.1. The molecule has 0 saturated heterocycles. The summed E-state index contributed by atoms with van der Waals surface area (Å²) >= 11 is 0. The molecule has 5 unspecified atom stereocenters. The van der Waals surface area contributed by atoms with E-state index in [1.165, 1.54) is 23.4 Å². The van der Waals surface area contributed by atoms with E-state index in [9.17, 15) is 0 Å². The van der Waals surface area contributed by atoms with Gasteiger partial charge in [-0.2, -0.15) is 0 Å². The first-order valence-corrected chi connectivity index (χ1v) is 13.0. The molecule has 1 aliphatic carbocycles. The van der Waals surface area contributed by atoms with Crippen molar-refractivity contribution in [2.75, 3.05) is 9.80 Å². The summed E-state index contributed by atoms with van der Waals surface area (Å²) in [4.78, 5) is 19.2. The fourth-order valence-electron chi connectivity index (χ4n) is 6.01. The van der Waals surface area contributed by atoms with Gasteiger partial charge in [0.05, 0.1) is 11.7 Å². The summed E-state index contributed by atoms with van der Waals surface area (Å²) < 4.78 is 0. The molecule has 0 aromatic heterocycles. The van der Waals surface area contributed by atoms with Crippen LogP contribution >= 0.6 is 0 Å². The van der Waals surface area contributed by atoms with Crippen molar-refractivity contribution in [1.29, 1.82) is 0 Å². The number of fused-ring (bicyclic) bond motifs is 3. The molecular weight excluding hydrogens is 456 g/mol. The molecule has 37 heavy (non-hydrogen) atoms. The van der Waals surface area contributed by atoms with E-state index in [1.54, 1.807) is 0 Å². The molecule has 6 nitrogen and oxygen atoms in total. The molecule has 1 saturated carbocycles. The lowest BCUT2D eigenvalue weighted by Crippen LogP contribution is -2.39. The van der Waals surface area contributed by atoms with Gasteiger partial charge in [-0.05, 0) is 42.3 Å². The first kappa shape index (κ1) is 20.7. The van der Waals surface area contributed by atoms with Crippen molar-refractivity contribution < 1.29 is 0 Å². The van der Waals surface area contributed by atoms with Crippen molar-refractivity contribution in [2.45, 2.75) is 24.8 Å². The highest BCUT2D eigenvalue weighted by molar-refractivity contribution is 6.12. The van der Waals surface area contributed by atoms with Crippen molar-refractivity contribution >= 4 is 29.6 Å². The molecule has 4 heterocycles. The smallest absolute Gasteiger partial charge is 0.166 e. The predicted octanol–water partition coefficient (Wildman–Crippen LogP) is 5.29. The Morgan fingerprint density at radius 2 is 1.54 bits per heavy atom. The number of hydrogen-bond acceptors (Lipinski definition) is 6. The summed E-state index contributed by atoms with van der Waals surface area (Å²) in [6, 6.07) is 30.1. The van der Waals surface area contributed by atoms with Crippen LogP contribution in [0.3, 0.4) is 0 Å². The Morgan fingerprint density at radius 1 is 0.811 bits per heavy atom. The molecule has 4 aliphatic heterocycles. The zero-order valence-electron chi connectivity index (χ0n) is 20.2. The molecule has 3 aromatic carbocycles. The average molecular weight is 483 g/mol. The van der Waals surface area contributed by atoms with Gasteiger partial charge in [0.15, 0.2) is 6.17 Å². The van der Waals surface area contributed by atoms with Crippen LogP contribution in [0.1, 0.15) is 23.7 Å². The number of anilines is 2. The van der Waals surface area contributed by atoms with E-state index < -0.39 is 0 Å². The lowest BCUT2D eigenvalue weighted by atomic mass is 10.1. The van der Waals surface area contributed by atoms with Crippen molar-refractivity contribution in [3.63, 3.8) is 0 Å². The van der Waals surface area contributed by atoms with Crippen LogP contribution in [0.15, 0.2) is 124 Å². The molecule has 5 aliphatic rings. The number of aliphatic imine (C=N–C) groups is 3. The minimum absolute atomic E-state index is 0.00353. The van der Waals surface area contributed by atoms with Crippen LogP contribution in [0.5, 0.6) is 0 Å². The fourth-order valence-corrected chi connectivity index (χ4v) is 6.01. The van der Waals surface area contributed by atoms with Crippen LogP contribution in [0.2, 0.25) is 0 Å². The molecule has 5 atom stereocenters. The molecule has 1 N–H and O–H groups in total. The van der Waals surface area contributed by atoms with Crippen molar-refractivity contribution in [3.8, 4) is 0 Å². The second kappa shape index (κ2) is 8.03. The molecule has 8 rings (SSSR count). The molecule has 0 radical (unpaired) electrons. The minimum atomic E-state index is -0.120. The van der Waals surface area contributed by atoms with Crippen LogP contribution in [-0.4, -0.2) is 30.5 Å². The normalized spacial score (nSPS) is 28.5. The number of allylic oxidation sites excluding steroid dienone is 2. The molecule has 180 valence electrons. The van der Waals surface area contributed by atoms with E-state index in [-0.39, 0.29) is 18.4 Å². The molecule has 0 spiro atoms. The van der Waals surface area contributed by atoms with Gasteiger partial charge in [-0.3, -0.25) is 4.99 Å². The Bertz CT molecular complexity index is 1500. The van der Waals surface area contributed by atoms with E-state index >= 15 is 0 Å². The SMILES string of the molecule is C1=CC2C(N=C1)N=C(c1ccc(C3NC4=C(C5CC5C=N4)N3c3ccccc3)cc1)N2c1ccccc1. The van der Waals surface area contributed by atoms with Crippen molar-refractivity contribution in [3.05, 3.63) is 120 Å². The van der Waals surface area contributed by atoms with Crippen LogP contribution < -0.4 is 15.1 Å². The topological polar surface area (TPSA) is 55.6 Å². The predicted molar refractivity (Wildman–Crippen MR) is 149 cm³/mol. The average Bonchev–Trinajstić information content (AvgIpc) is 3.50. The van der Waals surface area contributed by atoms with Crippen LogP contribution in [0, 0.1) is 11.8 Å². The van der Waals surface area contributed by atoms with Gasteiger partial charge < -0.3 is 15.1 Å². The maximum Gasteiger partial charge on any atom is 0.166 e. The maximum atomic E-state index is 5.04. The quantitative estimate of drug-likeness (QED) is 0.550. The number of benzene rings is 3. The van der Waals surface area contributed by atoms with Gasteiger partial charge in [-0.1, -0.05) is 66.7 Å². The summed E-state index contributed by atoms with van der Waals surface area (Å²) in [6.45, 7) is 0. The summed E-state index contributed by atoms with van der Waals surface area (Å²) in [5.41, 5.74) is 5.95. The van der Waals surface area contributed by atoms with E-state index in [2.05, 4.69) is 111 Å². The second-order valence-corrected chi connectivity index (χ2v) is 10.1. The van der Waals surface area contributed by atoms with Gasteiger partial charge in [-0.25, -0.2) is 9.98 Å². The standard InChI is InChI=1S/C31H26N6/c1-3-8-23(9-4-1)36-26-12-7-17-32-28(26)34-30(36)20-13-15-21(16-14-20)31-35-29-27(25-18-22(25)19-33-29)37(31)24-10-5-2-6-11-24/h1-17,19,22,25-26,28,31,35H,18H2. The third-order valence-electron chi connectivity index (χ3n) is 7.89. The van der Waals surface area contributed by atoms with Gasteiger partial charge in [0, 0.05) is 41.2 Å². The Kier molecular flexibility index (Phi) is 4.50. The molecule has 1 fully saturated rings. The molecular formula is C31H26N6. The van der Waals surface area contributed by atoms with Crippen LogP contribution in [0.25, 0.3) is 0 Å². The third kappa shape index (κ3) is 3.29. The zero-order valence-corrected chi connectivity index (χ0v) is 20.2. The van der Waals surface area contributed by atoms with Crippen molar-refractivity contribution in [2.24, 2.45) is 26.8 Å². The van der Waals surface area contributed by atoms with E-state index in [1.807, 2.05) is 18.4 Å². The lowest BCUT2D eigenvalue weighted by molar-refractivity contribution is 0.637. The monoisotopic (exact) mass is 482 g/mol. The molecule has 0 amide bonds. The number of dihydropyridines is 1. The van der Waals surface area contributed by atoms with Crippen LogP contribution in [-0.2, 0) is 0 Å². The molecule has 6 heteroatoms. The van der Waals surface area contributed by atoms with Gasteiger partial charge >= 0.3 is 0 Å². The first-order valence-electron chi connectivity index (χ1n) is 13.0. The number of hydrogen-bond donors (Lipinski definition) is 1. The Morgan fingerprint density at radius 3 is 2.30 bits per heavy atom. The van der Waals surface area contributed by atoms with Gasteiger partial charge in [0.2, 0.25) is 0 Å². The van der Waals surface area contributed by atoms with E-state index in [0.717, 1.165) is 22.9 Å². The minimum Gasteiger partial charge on any atom is -0.344 e. The largest absolute Gasteiger partial charge is 0.344 e. The lowest BCUT2D eigenvalue weighted by Gasteiger charge is -2.30. The molecule has 0 bridgehead atoms.